The number of anilines is 1. The lowest BCUT2D eigenvalue weighted by Crippen LogP contribution is -2.21. The molecule has 124 valence electrons. The van der Waals surface area contributed by atoms with Crippen LogP contribution in [0.2, 0.25) is 0 Å². The molecule has 0 aromatic heterocycles. The number of hydrogen-bond donors (Lipinski definition) is 1. The number of nitrogens with zero attached hydrogens (tertiary/aromatic N) is 2. The number of terminal acetylenes is 1. The molecule has 1 unspecified atom stereocenters. The molecule has 6 nitrogen and oxygen atoms in total. The fraction of sp³-hybridized carbons (Fsp3) is 0.375. The van der Waals surface area contributed by atoms with Gasteiger partial charge in [0.1, 0.15) is 9.92 Å². The lowest BCUT2D eigenvalue weighted by molar-refractivity contribution is -0.116. The van der Waals surface area contributed by atoms with E-state index in [1.807, 2.05) is 0 Å². The molecule has 0 heterocycles. The maximum Gasteiger partial charge on any atom is 0.286 e. The number of amides is 2. The van der Waals surface area contributed by atoms with Gasteiger partial charge in [-0.1, -0.05) is 0 Å². The Labute approximate surface area is 137 Å². The molecule has 1 aromatic carbocycles. The molecule has 0 aliphatic rings. The summed E-state index contributed by atoms with van der Waals surface area (Å²) < 4.78 is 17.2. The average Bonchev–Trinajstić information content (AvgIpc) is 2.47. The number of carbonyl (C=O) groups excluding carboxylic acids is 2. The monoisotopic (exact) mass is 335 g/mol. The highest BCUT2D eigenvalue weighted by atomic mass is 32.2. The highest BCUT2D eigenvalue weighted by molar-refractivity contribution is 7.90. The van der Waals surface area contributed by atoms with Crippen molar-refractivity contribution in [3.8, 4) is 12.3 Å². The van der Waals surface area contributed by atoms with E-state index in [-0.39, 0.29) is 5.91 Å². The average molecular weight is 335 g/mol. The fourth-order valence-corrected chi connectivity index (χ4v) is 2.14. The van der Waals surface area contributed by atoms with Crippen LogP contribution >= 0.6 is 0 Å². The highest BCUT2D eigenvalue weighted by Gasteiger charge is 2.11. The van der Waals surface area contributed by atoms with Crippen LogP contribution in [0.4, 0.5) is 5.69 Å². The summed E-state index contributed by atoms with van der Waals surface area (Å²) >= 11 is 0. The van der Waals surface area contributed by atoms with Crippen molar-refractivity contribution in [2.75, 3.05) is 25.7 Å². The molecule has 0 aliphatic carbocycles. The molecule has 7 heteroatoms. The maximum absolute atomic E-state index is 12.1. The quantitative estimate of drug-likeness (QED) is 0.639. The van der Waals surface area contributed by atoms with Gasteiger partial charge in [0.15, 0.2) is 0 Å². The zero-order valence-corrected chi connectivity index (χ0v) is 14.4. The molecule has 0 fully saturated rings. The summed E-state index contributed by atoms with van der Waals surface area (Å²) in [5.74, 6) is 1.79. The molecular weight excluding hydrogens is 314 g/mol. The van der Waals surface area contributed by atoms with Crippen LogP contribution in [0.1, 0.15) is 29.6 Å². The summed E-state index contributed by atoms with van der Waals surface area (Å²) in [6, 6.07) is 6.28. The van der Waals surface area contributed by atoms with Gasteiger partial charge in [-0.15, -0.1) is 16.7 Å². The summed E-state index contributed by atoms with van der Waals surface area (Å²) in [6.07, 6.45) is 8.07. The molecule has 0 radical (unpaired) electrons. The van der Waals surface area contributed by atoms with E-state index in [0.717, 1.165) is 0 Å². The molecule has 0 spiro atoms. The maximum atomic E-state index is 12.1. The van der Waals surface area contributed by atoms with Crippen molar-refractivity contribution in [1.82, 2.24) is 4.31 Å². The Morgan fingerprint density at radius 3 is 2.43 bits per heavy atom. The summed E-state index contributed by atoms with van der Waals surface area (Å²) in [6.45, 7) is 0. The summed E-state index contributed by atoms with van der Waals surface area (Å²) in [5.41, 5.74) is 0.892. The number of carbonyl (C=O) groups is 2. The molecular formula is C16H21N3O3S. The second-order valence-corrected chi connectivity index (χ2v) is 7.59. The van der Waals surface area contributed by atoms with E-state index in [2.05, 4.69) is 15.6 Å². The molecule has 0 saturated carbocycles. The van der Waals surface area contributed by atoms with Crippen molar-refractivity contribution in [1.29, 1.82) is 0 Å². The predicted octanol–water partition coefficient (Wildman–Crippen LogP) is 2.14. The Morgan fingerprint density at radius 1 is 1.30 bits per heavy atom. The van der Waals surface area contributed by atoms with E-state index >= 15 is 0 Å². The van der Waals surface area contributed by atoms with Crippen molar-refractivity contribution in [2.45, 2.75) is 19.3 Å². The second-order valence-electron chi connectivity index (χ2n) is 5.15. The van der Waals surface area contributed by atoms with Crippen LogP contribution in [0.25, 0.3) is 0 Å². The molecule has 0 bridgehead atoms. The van der Waals surface area contributed by atoms with Gasteiger partial charge < -0.3 is 5.32 Å². The van der Waals surface area contributed by atoms with Crippen LogP contribution in [0.5, 0.6) is 0 Å². The van der Waals surface area contributed by atoms with Crippen LogP contribution in [0.15, 0.2) is 28.6 Å². The standard InChI is InChI=1S/C16H21N3O3S/c1-5-6-7-8-15(20)17-14-11-9-13(10-12-14)16(21)18-23(4,22)19(2)3/h1,9-12H,6-8H2,2-4H3,(H,17,20). The first kappa shape index (κ1) is 18.9. The van der Waals surface area contributed by atoms with Gasteiger partial charge in [-0.3, -0.25) is 9.59 Å². The first-order chi connectivity index (χ1) is 10.8. The van der Waals surface area contributed by atoms with Gasteiger partial charge in [0.25, 0.3) is 5.91 Å². The van der Waals surface area contributed by atoms with Crippen molar-refractivity contribution < 1.29 is 13.8 Å². The number of benzene rings is 1. The zero-order chi connectivity index (χ0) is 17.5. The van der Waals surface area contributed by atoms with E-state index in [1.54, 1.807) is 26.2 Å². The molecule has 1 atom stereocenters. The Kier molecular flexibility index (Phi) is 6.94. The number of nitrogens with one attached hydrogen (secondary N) is 1. The first-order valence-corrected chi connectivity index (χ1v) is 8.91. The van der Waals surface area contributed by atoms with Crippen molar-refractivity contribution in [3.63, 3.8) is 0 Å². The van der Waals surface area contributed by atoms with Gasteiger partial charge in [-0.05, 0) is 30.7 Å². The number of unbranched alkanes of at least 4 members (excludes halogenated alkanes) is 1. The van der Waals surface area contributed by atoms with Crippen LogP contribution < -0.4 is 5.32 Å². The molecule has 1 rings (SSSR count). The van der Waals surface area contributed by atoms with E-state index in [0.29, 0.717) is 30.5 Å². The normalized spacial score (nSPS) is 13.0. The molecule has 1 N–H and O–H groups in total. The van der Waals surface area contributed by atoms with Crippen LogP contribution in [0.3, 0.4) is 0 Å². The highest BCUT2D eigenvalue weighted by Crippen LogP contribution is 2.12. The van der Waals surface area contributed by atoms with E-state index in [1.165, 1.54) is 22.7 Å². The Hall–Kier alpha value is -2.17. The first-order valence-electron chi connectivity index (χ1n) is 7.03. The van der Waals surface area contributed by atoms with Crippen LogP contribution in [-0.2, 0) is 14.7 Å². The largest absolute Gasteiger partial charge is 0.326 e. The van der Waals surface area contributed by atoms with Crippen molar-refractivity contribution >= 4 is 27.4 Å². The zero-order valence-electron chi connectivity index (χ0n) is 13.5. The molecule has 0 saturated heterocycles. The topological polar surface area (TPSA) is 78.8 Å². The minimum absolute atomic E-state index is 0.131. The lowest BCUT2D eigenvalue weighted by Gasteiger charge is -2.11. The lowest BCUT2D eigenvalue weighted by atomic mass is 10.2. The van der Waals surface area contributed by atoms with Crippen LogP contribution in [-0.4, -0.2) is 40.7 Å². The third kappa shape index (κ3) is 6.22. The summed E-state index contributed by atoms with van der Waals surface area (Å²) in [7, 11) is 0.476. The molecule has 2 amide bonds. The summed E-state index contributed by atoms with van der Waals surface area (Å²) in [4.78, 5) is 23.7. The Morgan fingerprint density at radius 2 is 1.91 bits per heavy atom. The fourth-order valence-electron chi connectivity index (χ4n) is 1.56. The van der Waals surface area contributed by atoms with Gasteiger partial charge in [0, 0.05) is 44.4 Å². The van der Waals surface area contributed by atoms with Crippen molar-refractivity contribution in [2.24, 2.45) is 4.36 Å². The number of rotatable bonds is 6. The van der Waals surface area contributed by atoms with Crippen LogP contribution in [0, 0.1) is 12.3 Å². The summed E-state index contributed by atoms with van der Waals surface area (Å²) in [5, 5.41) is 2.72. The van der Waals surface area contributed by atoms with E-state index in [4.69, 9.17) is 6.42 Å². The molecule has 1 aromatic rings. The van der Waals surface area contributed by atoms with Gasteiger partial charge in [0.05, 0.1) is 0 Å². The Bertz CT molecular complexity index is 724. The smallest absolute Gasteiger partial charge is 0.286 e. The van der Waals surface area contributed by atoms with Gasteiger partial charge >= 0.3 is 0 Å². The van der Waals surface area contributed by atoms with Gasteiger partial charge in [-0.25, -0.2) is 8.51 Å². The predicted molar refractivity (Wildman–Crippen MR) is 92.3 cm³/mol. The minimum Gasteiger partial charge on any atom is -0.326 e. The van der Waals surface area contributed by atoms with Gasteiger partial charge in [-0.2, -0.15) is 0 Å². The number of hydrogen-bond acceptors (Lipinski definition) is 3. The second kappa shape index (κ2) is 8.46. The van der Waals surface area contributed by atoms with Crippen molar-refractivity contribution in [3.05, 3.63) is 29.8 Å². The molecule has 23 heavy (non-hydrogen) atoms. The van der Waals surface area contributed by atoms with E-state index < -0.39 is 15.8 Å². The minimum atomic E-state index is -2.71. The Balaban J connectivity index is 2.74. The van der Waals surface area contributed by atoms with Gasteiger partial charge in [0.2, 0.25) is 5.91 Å². The SMILES string of the molecule is C#CCCCC(=O)Nc1ccc(C(=O)N=S(C)(=O)N(C)C)cc1. The third-order valence-electron chi connectivity index (χ3n) is 3.07. The molecule has 0 aliphatic heterocycles. The third-order valence-corrected chi connectivity index (χ3v) is 4.93. The van der Waals surface area contributed by atoms with E-state index in [9.17, 15) is 13.8 Å².